The summed E-state index contributed by atoms with van der Waals surface area (Å²) in [6, 6.07) is 9.26. The molecule has 2 rings (SSSR count). The summed E-state index contributed by atoms with van der Waals surface area (Å²) in [6.07, 6.45) is 2.83. The van der Waals surface area contributed by atoms with Crippen LogP contribution < -0.4 is 0 Å². The molecule has 3 heteroatoms. The zero-order valence-electron chi connectivity index (χ0n) is 8.76. The largest absolute Gasteiger partial charge is 0.273 e. The summed E-state index contributed by atoms with van der Waals surface area (Å²) < 4.78 is 0. The maximum Gasteiger partial charge on any atom is 0.273 e. The summed E-state index contributed by atoms with van der Waals surface area (Å²) in [5.74, 6) is 0.462. The summed E-state index contributed by atoms with van der Waals surface area (Å²) >= 11 is 0. The number of hydrogen-bond acceptors (Lipinski definition) is 2. The molecular formula is C12H14N2O. The Morgan fingerprint density at radius 3 is 2.73 bits per heavy atom. The van der Waals surface area contributed by atoms with Crippen molar-refractivity contribution >= 4 is 12.1 Å². The highest BCUT2D eigenvalue weighted by Crippen LogP contribution is 2.12. The van der Waals surface area contributed by atoms with E-state index in [1.165, 1.54) is 5.01 Å². The lowest BCUT2D eigenvalue weighted by molar-refractivity contribution is 0.0746. The van der Waals surface area contributed by atoms with Gasteiger partial charge in [0.05, 0.1) is 0 Å². The number of hydrogen-bond donors (Lipinski definition) is 0. The van der Waals surface area contributed by atoms with Crippen LogP contribution >= 0.6 is 0 Å². The molecule has 0 aliphatic carbocycles. The molecule has 3 nitrogen and oxygen atoms in total. The molecule has 0 spiro atoms. The summed E-state index contributed by atoms with van der Waals surface area (Å²) in [5.41, 5.74) is 0.698. The second kappa shape index (κ2) is 4.26. The topological polar surface area (TPSA) is 32.7 Å². The molecule has 0 radical (unpaired) electrons. The highest BCUT2D eigenvalue weighted by Gasteiger charge is 2.18. The second-order valence-electron chi connectivity index (χ2n) is 3.82. The van der Waals surface area contributed by atoms with Gasteiger partial charge < -0.3 is 0 Å². The van der Waals surface area contributed by atoms with Gasteiger partial charge in [-0.3, -0.25) is 4.79 Å². The van der Waals surface area contributed by atoms with Crippen molar-refractivity contribution in [2.75, 3.05) is 6.54 Å². The van der Waals surface area contributed by atoms with Crippen molar-refractivity contribution in [2.24, 2.45) is 11.0 Å². The first-order valence-electron chi connectivity index (χ1n) is 5.18. The quantitative estimate of drug-likeness (QED) is 0.686. The first-order valence-corrected chi connectivity index (χ1v) is 5.18. The first kappa shape index (κ1) is 9.90. The number of nitrogens with zero attached hydrogens (tertiary/aromatic N) is 2. The highest BCUT2D eigenvalue weighted by atomic mass is 16.2. The summed E-state index contributed by atoms with van der Waals surface area (Å²) in [4.78, 5) is 11.9. The molecular weight excluding hydrogens is 188 g/mol. The molecule has 0 saturated heterocycles. The smallest absolute Gasteiger partial charge is 0.267 e. The van der Waals surface area contributed by atoms with Crippen LogP contribution in [0.25, 0.3) is 0 Å². The van der Waals surface area contributed by atoms with E-state index in [9.17, 15) is 4.79 Å². The van der Waals surface area contributed by atoms with Gasteiger partial charge in [-0.05, 0) is 24.5 Å². The molecule has 0 aromatic heterocycles. The lowest BCUT2D eigenvalue weighted by Crippen LogP contribution is -2.31. The van der Waals surface area contributed by atoms with Crippen LogP contribution in [-0.4, -0.2) is 23.7 Å². The predicted molar refractivity (Wildman–Crippen MR) is 59.8 cm³/mol. The van der Waals surface area contributed by atoms with Crippen molar-refractivity contribution in [1.82, 2.24) is 5.01 Å². The van der Waals surface area contributed by atoms with E-state index in [0.717, 1.165) is 6.42 Å². The zero-order valence-corrected chi connectivity index (χ0v) is 8.76. The molecule has 1 aromatic carbocycles. The Labute approximate surface area is 89.4 Å². The van der Waals surface area contributed by atoms with Crippen molar-refractivity contribution < 1.29 is 4.79 Å². The molecule has 78 valence electrons. The fourth-order valence-corrected chi connectivity index (χ4v) is 1.54. The van der Waals surface area contributed by atoms with E-state index in [2.05, 4.69) is 12.0 Å². The van der Waals surface area contributed by atoms with Crippen molar-refractivity contribution in [3.05, 3.63) is 35.9 Å². The van der Waals surface area contributed by atoms with Gasteiger partial charge in [0.1, 0.15) is 0 Å². The number of carbonyl (C=O) groups is 1. The minimum atomic E-state index is -0.0150. The van der Waals surface area contributed by atoms with E-state index in [1.54, 1.807) is 0 Å². The molecule has 1 amide bonds. The summed E-state index contributed by atoms with van der Waals surface area (Å²) in [6.45, 7) is 2.82. The van der Waals surface area contributed by atoms with Gasteiger partial charge >= 0.3 is 0 Å². The Morgan fingerprint density at radius 2 is 2.13 bits per heavy atom. The third-order valence-electron chi connectivity index (χ3n) is 2.51. The normalized spacial score (nSPS) is 20.3. The van der Waals surface area contributed by atoms with E-state index in [4.69, 9.17) is 0 Å². The van der Waals surface area contributed by atoms with Crippen LogP contribution in [0.1, 0.15) is 23.7 Å². The number of carbonyl (C=O) groups excluding carboxylic acids is 1. The minimum Gasteiger partial charge on any atom is -0.267 e. The fraction of sp³-hybridized carbons (Fsp3) is 0.333. The Bertz CT molecular complexity index is 372. The number of benzene rings is 1. The Morgan fingerprint density at radius 1 is 1.40 bits per heavy atom. The Balaban J connectivity index is 2.13. The lowest BCUT2D eigenvalue weighted by Gasteiger charge is -2.22. The van der Waals surface area contributed by atoms with Gasteiger partial charge in [-0.15, -0.1) is 0 Å². The van der Waals surface area contributed by atoms with Gasteiger partial charge in [-0.25, -0.2) is 5.01 Å². The van der Waals surface area contributed by atoms with Gasteiger partial charge in [-0.1, -0.05) is 25.1 Å². The van der Waals surface area contributed by atoms with Crippen LogP contribution in [0.4, 0.5) is 0 Å². The molecule has 1 aromatic rings. The van der Waals surface area contributed by atoms with Crippen LogP contribution in [0.2, 0.25) is 0 Å². The number of hydrazone groups is 1. The van der Waals surface area contributed by atoms with E-state index in [0.29, 0.717) is 18.0 Å². The van der Waals surface area contributed by atoms with Crippen LogP contribution in [-0.2, 0) is 0 Å². The average molecular weight is 202 g/mol. The predicted octanol–water partition coefficient (Wildman–Crippen LogP) is 2.15. The van der Waals surface area contributed by atoms with Crippen molar-refractivity contribution in [3.63, 3.8) is 0 Å². The SMILES string of the molecule is CC1C=NN(C(=O)c2ccccc2)CC1. The number of amides is 1. The minimum absolute atomic E-state index is 0.0150. The van der Waals surface area contributed by atoms with Gasteiger partial charge in [0.15, 0.2) is 0 Å². The first-order chi connectivity index (χ1) is 7.27. The van der Waals surface area contributed by atoms with Crippen LogP contribution in [0.15, 0.2) is 35.4 Å². The standard InChI is InChI=1S/C12H14N2O/c1-10-7-8-14(13-9-10)12(15)11-5-3-2-4-6-11/h2-6,9-10H,7-8H2,1H3. The van der Waals surface area contributed by atoms with E-state index in [1.807, 2.05) is 36.5 Å². The van der Waals surface area contributed by atoms with Gasteiger partial charge in [0.2, 0.25) is 0 Å². The molecule has 0 saturated carbocycles. The van der Waals surface area contributed by atoms with E-state index >= 15 is 0 Å². The van der Waals surface area contributed by atoms with Crippen molar-refractivity contribution in [2.45, 2.75) is 13.3 Å². The van der Waals surface area contributed by atoms with Crippen LogP contribution in [0.5, 0.6) is 0 Å². The van der Waals surface area contributed by atoms with Gasteiger partial charge in [0.25, 0.3) is 5.91 Å². The molecule has 0 N–H and O–H groups in total. The molecule has 1 aliphatic rings. The molecule has 1 aliphatic heterocycles. The Hall–Kier alpha value is -1.64. The lowest BCUT2D eigenvalue weighted by atomic mass is 10.1. The van der Waals surface area contributed by atoms with Crippen molar-refractivity contribution in [3.8, 4) is 0 Å². The van der Waals surface area contributed by atoms with E-state index in [-0.39, 0.29) is 5.91 Å². The highest BCUT2D eigenvalue weighted by molar-refractivity contribution is 5.94. The maximum absolute atomic E-state index is 11.9. The average Bonchev–Trinajstić information content (AvgIpc) is 2.30. The van der Waals surface area contributed by atoms with E-state index < -0.39 is 0 Å². The van der Waals surface area contributed by atoms with Crippen molar-refractivity contribution in [1.29, 1.82) is 0 Å². The number of rotatable bonds is 1. The maximum atomic E-state index is 11.9. The Kier molecular flexibility index (Phi) is 2.81. The third kappa shape index (κ3) is 2.24. The monoisotopic (exact) mass is 202 g/mol. The molecule has 1 atom stereocenters. The fourth-order valence-electron chi connectivity index (χ4n) is 1.54. The van der Waals surface area contributed by atoms with Crippen LogP contribution in [0, 0.1) is 5.92 Å². The molecule has 0 bridgehead atoms. The molecule has 1 unspecified atom stereocenters. The van der Waals surface area contributed by atoms with Gasteiger partial charge in [-0.2, -0.15) is 5.10 Å². The third-order valence-corrected chi connectivity index (χ3v) is 2.51. The molecule has 15 heavy (non-hydrogen) atoms. The summed E-state index contributed by atoms with van der Waals surface area (Å²) in [7, 11) is 0. The second-order valence-corrected chi connectivity index (χ2v) is 3.82. The molecule has 1 heterocycles. The van der Waals surface area contributed by atoms with Gasteiger partial charge in [0, 0.05) is 18.3 Å². The summed E-state index contributed by atoms with van der Waals surface area (Å²) in [5, 5.41) is 5.68. The van der Waals surface area contributed by atoms with Crippen LogP contribution in [0.3, 0.4) is 0 Å². The molecule has 0 fully saturated rings. The zero-order chi connectivity index (χ0) is 10.7.